The Morgan fingerprint density at radius 2 is 1.17 bits per heavy atom. The molecule has 0 spiro atoms. The number of carbonyl (C=O) groups excluding carboxylic acids is 1. The van der Waals surface area contributed by atoms with Crippen LogP contribution in [0.1, 0.15) is 65.7 Å². The molecule has 6 nitrogen and oxygen atoms in total. The molecule has 0 saturated carbocycles. The van der Waals surface area contributed by atoms with Crippen LogP contribution in [0.25, 0.3) is 0 Å². The number of carbonyl (C=O) groups is 1. The Morgan fingerprint density at radius 3 is 1.65 bits per heavy atom. The standard InChI is InChI=1S/C16H33O6P/c1-4-7-11-19-16(17)20-12-10-15-23(18,21-13-8-5-2)22-14-9-6-3/h4-15H2,1-3H3. The van der Waals surface area contributed by atoms with E-state index in [2.05, 4.69) is 0 Å². The van der Waals surface area contributed by atoms with Gasteiger partial charge in [-0.1, -0.05) is 40.0 Å². The quantitative estimate of drug-likeness (QED) is 0.230. The van der Waals surface area contributed by atoms with Crippen molar-refractivity contribution in [3.63, 3.8) is 0 Å². The van der Waals surface area contributed by atoms with Gasteiger partial charge in [-0.25, -0.2) is 4.79 Å². The molecule has 0 bridgehead atoms. The van der Waals surface area contributed by atoms with E-state index in [-0.39, 0.29) is 12.8 Å². The van der Waals surface area contributed by atoms with Crippen LogP contribution in [0.15, 0.2) is 0 Å². The lowest BCUT2D eigenvalue weighted by Crippen LogP contribution is -2.11. The van der Waals surface area contributed by atoms with Crippen LogP contribution < -0.4 is 0 Å². The second-order valence-corrected chi connectivity index (χ2v) is 7.55. The first-order valence-electron chi connectivity index (χ1n) is 8.75. The van der Waals surface area contributed by atoms with E-state index in [1.54, 1.807) is 0 Å². The lowest BCUT2D eigenvalue weighted by Gasteiger charge is -2.18. The third-order valence-electron chi connectivity index (χ3n) is 3.09. The summed E-state index contributed by atoms with van der Waals surface area (Å²) in [6.07, 6.45) is 5.43. The van der Waals surface area contributed by atoms with Gasteiger partial charge in [0.25, 0.3) is 0 Å². The van der Waals surface area contributed by atoms with Gasteiger partial charge in [0.2, 0.25) is 0 Å². The van der Waals surface area contributed by atoms with E-state index in [4.69, 9.17) is 18.5 Å². The van der Waals surface area contributed by atoms with Gasteiger partial charge in [-0.2, -0.15) is 0 Å². The number of rotatable bonds is 15. The minimum Gasteiger partial charge on any atom is -0.434 e. The highest BCUT2D eigenvalue weighted by molar-refractivity contribution is 7.53. The van der Waals surface area contributed by atoms with Crippen molar-refractivity contribution in [1.29, 1.82) is 0 Å². The molecule has 0 atom stereocenters. The summed E-state index contributed by atoms with van der Waals surface area (Å²) in [6, 6.07) is 0. The Hall–Kier alpha value is -0.580. The minimum absolute atomic E-state index is 0.156. The number of hydrogen-bond donors (Lipinski definition) is 0. The summed E-state index contributed by atoms with van der Waals surface area (Å²) in [5, 5.41) is 0. The minimum atomic E-state index is -3.10. The fourth-order valence-corrected chi connectivity index (χ4v) is 3.28. The predicted octanol–water partition coefficient (Wildman–Crippen LogP) is 5.16. The van der Waals surface area contributed by atoms with E-state index in [1.165, 1.54) is 0 Å². The van der Waals surface area contributed by atoms with Gasteiger partial charge in [0.1, 0.15) is 0 Å². The van der Waals surface area contributed by atoms with Crippen molar-refractivity contribution in [1.82, 2.24) is 0 Å². The molecule has 0 saturated heterocycles. The van der Waals surface area contributed by atoms with E-state index in [9.17, 15) is 9.36 Å². The number of ether oxygens (including phenoxy) is 2. The van der Waals surface area contributed by atoms with Crippen LogP contribution in [-0.4, -0.2) is 38.7 Å². The predicted molar refractivity (Wildman–Crippen MR) is 91.0 cm³/mol. The van der Waals surface area contributed by atoms with Crippen molar-refractivity contribution in [3.05, 3.63) is 0 Å². The fraction of sp³-hybridized carbons (Fsp3) is 0.938. The van der Waals surface area contributed by atoms with Crippen LogP contribution in [0, 0.1) is 0 Å². The van der Waals surface area contributed by atoms with Gasteiger partial charge in [-0.3, -0.25) is 4.57 Å². The summed E-state index contributed by atoms with van der Waals surface area (Å²) in [4.78, 5) is 11.3. The first kappa shape index (κ1) is 22.4. The third-order valence-corrected chi connectivity index (χ3v) is 5.10. The summed E-state index contributed by atoms with van der Waals surface area (Å²) in [6.45, 7) is 7.49. The monoisotopic (exact) mass is 352 g/mol. The summed E-state index contributed by atoms with van der Waals surface area (Å²) < 4.78 is 33.4. The maximum Gasteiger partial charge on any atom is 0.508 e. The average Bonchev–Trinajstić information content (AvgIpc) is 2.53. The number of hydrogen-bond acceptors (Lipinski definition) is 6. The van der Waals surface area contributed by atoms with Crippen LogP contribution in [0.2, 0.25) is 0 Å². The van der Waals surface area contributed by atoms with Crippen molar-refractivity contribution >= 4 is 13.8 Å². The van der Waals surface area contributed by atoms with Crippen LogP contribution >= 0.6 is 7.60 Å². The fourth-order valence-electron chi connectivity index (χ4n) is 1.62. The van der Waals surface area contributed by atoms with Crippen LogP contribution in [0.5, 0.6) is 0 Å². The van der Waals surface area contributed by atoms with Crippen molar-refractivity contribution < 1.29 is 27.9 Å². The SMILES string of the molecule is CCCCOC(=O)OCCCP(=O)(OCCCC)OCCCC. The average molecular weight is 352 g/mol. The summed E-state index contributed by atoms with van der Waals surface area (Å²) in [5.41, 5.74) is 0. The van der Waals surface area contributed by atoms with Gasteiger partial charge in [0, 0.05) is 0 Å². The van der Waals surface area contributed by atoms with Crippen molar-refractivity contribution in [3.8, 4) is 0 Å². The van der Waals surface area contributed by atoms with Gasteiger partial charge in [-0.05, 0) is 25.7 Å². The second kappa shape index (κ2) is 15.0. The molecule has 7 heteroatoms. The molecule has 0 aromatic heterocycles. The lowest BCUT2D eigenvalue weighted by atomic mass is 10.4. The van der Waals surface area contributed by atoms with E-state index in [1.807, 2.05) is 20.8 Å². The largest absolute Gasteiger partial charge is 0.508 e. The van der Waals surface area contributed by atoms with Crippen molar-refractivity contribution in [2.75, 3.05) is 32.6 Å². The lowest BCUT2D eigenvalue weighted by molar-refractivity contribution is 0.0541. The summed E-state index contributed by atoms with van der Waals surface area (Å²) in [5.74, 6) is 0. The molecule has 0 rings (SSSR count). The highest BCUT2D eigenvalue weighted by atomic mass is 31.2. The van der Waals surface area contributed by atoms with Crippen LogP contribution in [0.3, 0.4) is 0 Å². The Bertz CT molecular complexity index is 321. The van der Waals surface area contributed by atoms with Crippen molar-refractivity contribution in [2.24, 2.45) is 0 Å². The van der Waals surface area contributed by atoms with E-state index in [0.29, 0.717) is 26.2 Å². The Morgan fingerprint density at radius 1 is 0.739 bits per heavy atom. The molecular formula is C16H33O6P. The zero-order valence-electron chi connectivity index (χ0n) is 14.9. The molecule has 0 aliphatic carbocycles. The maximum atomic E-state index is 12.6. The molecule has 0 N–H and O–H groups in total. The van der Waals surface area contributed by atoms with Crippen LogP contribution in [-0.2, 0) is 23.1 Å². The Balaban J connectivity index is 4.02. The van der Waals surface area contributed by atoms with Gasteiger partial charge < -0.3 is 18.5 Å². The highest BCUT2D eigenvalue weighted by Gasteiger charge is 2.24. The molecule has 0 unspecified atom stereocenters. The van der Waals surface area contributed by atoms with Crippen molar-refractivity contribution in [2.45, 2.75) is 65.7 Å². The first-order valence-corrected chi connectivity index (χ1v) is 10.5. The molecule has 0 amide bonds. The maximum absolute atomic E-state index is 12.6. The molecule has 0 aliphatic rings. The molecule has 0 heterocycles. The molecule has 0 aromatic carbocycles. The van der Waals surface area contributed by atoms with Gasteiger partial charge in [-0.15, -0.1) is 0 Å². The summed E-state index contributed by atoms with van der Waals surface area (Å²) >= 11 is 0. The zero-order chi connectivity index (χ0) is 17.4. The number of unbranched alkanes of at least 4 members (excludes halogenated alkanes) is 3. The molecule has 0 aromatic rings. The van der Waals surface area contributed by atoms with Gasteiger partial charge in [0.05, 0.1) is 32.6 Å². The Kier molecular flexibility index (Phi) is 14.6. The summed E-state index contributed by atoms with van der Waals surface area (Å²) in [7, 11) is -3.10. The van der Waals surface area contributed by atoms with Gasteiger partial charge in [0.15, 0.2) is 0 Å². The molecule has 23 heavy (non-hydrogen) atoms. The molecule has 0 radical (unpaired) electrons. The molecular weight excluding hydrogens is 319 g/mol. The topological polar surface area (TPSA) is 71.1 Å². The van der Waals surface area contributed by atoms with E-state index < -0.39 is 13.8 Å². The van der Waals surface area contributed by atoms with Crippen LogP contribution in [0.4, 0.5) is 4.79 Å². The smallest absolute Gasteiger partial charge is 0.434 e. The molecule has 0 fully saturated rings. The van der Waals surface area contributed by atoms with E-state index >= 15 is 0 Å². The van der Waals surface area contributed by atoms with E-state index in [0.717, 1.165) is 38.5 Å². The highest BCUT2D eigenvalue weighted by Crippen LogP contribution is 2.49. The first-order chi connectivity index (χ1) is 11.1. The molecule has 138 valence electrons. The zero-order valence-corrected chi connectivity index (χ0v) is 15.8. The second-order valence-electron chi connectivity index (χ2n) is 5.36. The van der Waals surface area contributed by atoms with Gasteiger partial charge >= 0.3 is 13.8 Å². The third kappa shape index (κ3) is 13.5. The Labute approximate surface area is 140 Å². The normalized spacial score (nSPS) is 11.4. The molecule has 0 aliphatic heterocycles.